The van der Waals surface area contributed by atoms with Crippen LogP contribution in [0.15, 0.2) is 47.5 Å². The van der Waals surface area contributed by atoms with Crippen molar-refractivity contribution in [1.82, 2.24) is 4.98 Å². The molecule has 18 heavy (non-hydrogen) atoms. The van der Waals surface area contributed by atoms with Gasteiger partial charge in [-0.25, -0.2) is 4.98 Å². The minimum absolute atomic E-state index is 0.0592. The summed E-state index contributed by atoms with van der Waals surface area (Å²) in [7, 11) is 0. The number of nitrogens with zero attached hydrogens (tertiary/aromatic N) is 2. The summed E-state index contributed by atoms with van der Waals surface area (Å²) in [6, 6.07) is 9.89. The molecule has 0 bridgehead atoms. The minimum Gasteiger partial charge on any atom is -0.310 e. The van der Waals surface area contributed by atoms with Gasteiger partial charge in [-0.15, -0.1) is 0 Å². The topological polar surface area (TPSA) is 68.1 Å². The van der Waals surface area contributed by atoms with E-state index in [0.29, 0.717) is 15.7 Å². The average Bonchev–Trinajstić information content (AvgIpc) is 2.38. The number of hydrogen-bond acceptors (Lipinski definition) is 5. The lowest BCUT2D eigenvalue weighted by atomic mass is 10.3. The van der Waals surface area contributed by atoms with Crippen molar-refractivity contribution >= 4 is 35.1 Å². The van der Waals surface area contributed by atoms with Crippen LogP contribution >= 0.6 is 23.5 Å². The van der Waals surface area contributed by atoms with E-state index in [2.05, 4.69) is 9.71 Å². The highest BCUT2D eigenvalue weighted by atomic mass is 35.5. The lowest BCUT2D eigenvalue weighted by Crippen LogP contribution is -1.94. The summed E-state index contributed by atoms with van der Waals surface area (Å²) < 4.78 is 2.93. The van der Waals surface area contributed by atoms with Gasteiger partial charge >= 0.3 is 0 Å². The first-order valence-corrected chi connectivity index (χ1v) is 6.14. The Morgan fingerprint density at radius 3 is 2.72 bits per heavy atom. The van der Waals surface area contributed by atoms with Gasteiger partial charge in [-0.3, -0.25) is 10.1 Å². The fourth-order valence-electron chi connectivity index (χ4n) is 1.24. The van der Waals surface area contributed by atoms with Gasteiger partial charge in [-0.05, 0) is 30.1 Å². The summed E-state index contributed by atoms with van der Waals surface area (Å²) in [5, 5.41) is 11.3. The van der Waals surface area contributed by atoms with Gasteiger partial charge in [0.15, 0.2) is 0 Å². The van der Waals surface area contributed by atoms with Crippen molar-refractivity contribution in [2.75, 3.05) is 4.72 Å². The number of rotatable bonds is 4. The molecule has 0 saturated heterocycles. The van der Waals surface area contributed by atoms with Crippen molar-refractivity contribution in [2.24, 2.45) is 0 Å². The van der Waals surface area contributed by atoms with Gasteiger partial charge in [-0.1, -0.05) is 23.7 Å². The van der Waals surface area contributed by atoms with Crippen LogP contribution in [0.2, 0.25) is 5.02 Å². The van der Waals surface area contributed by atoms with E-state index in [4.69, 9.17) is 11.6 Å². The zero-order valence-electron chi connectivity index (χ0n) is 9.04. The summed E-state index contributed by atoms with van der Waals surface area (Å²) in [6.07, 6.45) is 1.50. The van der Waals surface area contributed by atoms with Crippen LogP contribution in [0, 0.1) is 10.1 Å². The number of pyridine rings is 1. The Bertz CT molecular complexity index is 562. The molecule has 0 radical (unpaired) electrons. The molecule has 7 heteroatoms. The second kappa shape index (κ2) is 5.70. The number of anilines is 1. The first-order chi connectivity index (χ1) is 8.66. The van der Waals surface area contributed by atoms with Gasteiger partial charge < -0.3 is 4.72 Å². The van der Waals surface area contributed by atoms with E-state index in [1.54, 1.807) is 30.3 Å². The second-order valence-electron chi connectivity index (χ2n) is 3.29. The van der Waals surface area contributed by atoms with Crippen LogP contribution in [0.4, 0.5) is 11.5 Å². The molecular weight excluding hydrogens is 274 g/mol. The molecule has 1 heterocycles. The van der Waals surface area contributed by atoms with Crippen LogP contribution in [0.5, 0.6) is 0 Å². The van der Waals surface area contributed by atoms with Crippen molar-refractivity contribution in [1.29, 1.82) is 0 Å². The molecule has 0 spiro atoms. The molecule has 92 valence electrons. The van der Waals surface area contributed by atoms with E-state index >= 15 is 0 Å². The van der Waals surface area contributed by atoms with Crippen molar-refractivity contribution < 1.29 is 4.92 Å². The number of hydrogen-bond donors (Lipinski definition) is 1. The lowest BCUT2D eigenvalue weighted by Gasteiger charge is -2.04. The molecule has 5 nitrogen and oxygen atoms in total. The van der Waals surface area contributed by atoms with E-state index in [-0.39, 0.29) is 5.69 Å². The summed E-state index contributed by atoms with van der Waals surface area (Å²) in [6.45, 7) is 0. The number of nitro groups is 1. The third-order valence-corrected chi connectivity index (χ3v) is 3.15. The highest BCUT2D eigenvalue weighted by Gasteiger charge is 2.12. The molecule has 0 aliphatic heterocycles. The maximum Gasteiger partial charge on any atom is 0.284 e. The zero-order valence-corrected chi connectivity index (χ0v) is 10.6. The number of benzene rings is 1. The van der Waals surface area contributed by atoms with Crippen LogP contribution in [-0.4, -0.2) is 9.91 Å². The molecule has 0 amide bonds. The average molecular weight is 282 g/mol. The summed E-state index contributed by atoms with van der Waals surface area (Å²) in [4.78, 5) is 15.0. The van der Waals surface area contributed by atoms with Gasteiger partial charge in [0, 0.05) is 12.3 Å². The fraction of sp³-hybridized carbons (Fsp3) is 0. The van der Waals surface area contributed by atoms with Crippen LogP contribution in [-0.2, 0) is 0 Å². The maximum absolute atomic E-state index is 10.8. The summed E-state index contributed by atoms with van der Waals surface area (Å²) >= 11 is 6.85. The highest BCUT2D eigenvalue weighted by Crippen LogP contribution is 2.29. The van der Waals surface area contributed by atoms with E-state index < -0.39 is 4.92 Å². The highest BCUT2D eigenvalue weighted by molar-refractivity contribution is 8.00. The third kappa shape index (κ3) is 3.12. The molecule has 0 atom stereocenters. The first kappa shape index (κ1) is 12.7. The van der Waals surface area contributed by atoms with Crippen LogP contribution < -0.4 is 4.72 Å². The Morgan fingerprint density at radius 1 is 1.28 bits per heavy atom. The van der Waals surface area contributed by atoms with Crippen molar-refractivity contribution in [3.8, 4) is 0 Å². The quantitative estimate of drug-likeness (QED) is 0.525. The number of nitrogens with one attached hydrogen (secondary N) is 1. The summed E-state index contributed by atoms with van der Waals surface area (Å²) in [5.41, 5.74) is 0.0592. The van der Waals surface area contributed by atoms with Crippen molar-refractivity contribution in [3.05, 3.63) is 57.7 Å². The molecular formula is C11H8ClN3O2S. The molecule has 0 aliphatic rings. The number of halogens is 1. The Labute approximate surface area is 112 Å². The Hall–Kier alpha value is -1.79. The number of para-hydroxylation sites is 1. The number of nitro benzene ring substituents is 1. The van der Waals surface area contributed by atoms with Crippen molar-refractivity contribution in [3.63, 3.8) is 0 Å². The maximum atomic E-state index is 10.8. The van der Waals surface area contributed by atoms with Gasteiger partial charge in [-0.2, -0.15) is 0 Å². The first-order valence-electron chi connectivity index (χ1n) is 4.94. The van der Waals surface area contributed by atoms with Gasteiger partial charge in [0.05, 0.1) is 9.95 Å². The Kier molecular flexibility index (Phi) is 4.01. The molecule has 1 aromatic carbocycles. The smallest absolute Gasteiger partial charge is 0.284 e. The standard InChI is InChI=1S/C11H8ClN3O2S/c12-8-5-6-11(13-7-8)14-18-10-4-2-1-3-9(10)15(16)17/h1-7H,(H,13,14). The van der Waals surface area contributed by atoms with Crippen LogP contribution in [0.1, 0.15) is 0 Å². The molecule has 0 fully saturated rings. The second-order valence-corrected chi connectivity index (χ2v) is 4.58. The fourth-order valence-corrected chi connectivity index (χ4v) is 2.08. The predicted octanol–water partition coefficient (Wildman–Crippen LogP) is 3.76. The molecule has 2 rings (SSSR count). The molecule has 0 saturated carbocycles. The van der Waals surface area contributed by atoms with Crippen LogP contribution in [0.25, 0.3) is 0 Å². The largest absolute Gasteiger partial charge is 0.310 e. The molecule has 2 aromatic rings. The lowest BCUT2D eigenvalue weighted by molar-refractivity contribution is -0.387. The molecule has 0 unspecified atom stereocenters. The monoisotopic (exact) mass is 281 g/mol. The van der Waals surface area contributed by atoms with Gasteiger partial charge in [0.25, 0.3) is 5.69 Å². The Balaban J connectivity index is 2.10. The van der Waals surface area contributed by atoms with Crippen molar-refractivity contribution in [2.45, 2.75) is 4.90 Å². The zero-order chi connectivity index (χ0) is 13.0. The Morgan fingerprint density at radius 2 is 2.06 bits per heavy atom. The SMILES string of the molecule is O=[N+]([O-])c1ccccc1SNc1ccc(Cl)cn1. The van der Waals surface area contributed by atoms with E-state index in [0.717, 1.165) is 11.9 Å². The third-order valence-electron chi connectivity index (χ3n) is 2.05. The van der Waals surface area contributed by atoms with Crippen LogP contribution in [0.3, 0.4) is 0 Å². The predicted molar refractivity (Wildman–Crippen MR) is 71.8 cm³/mol. The molecule has 1 N–H and O–H groups in total. The van der Waals surface area contributed by atoms with E-state index in [1.807, 2.05) is 0 Å². The molecule has 1 aromatic heterocycles. The van der Waals surface area contributed by atoms with Gasteiger partial charge in [0.2, 0.25) is 0 Å². The van der Waals surface area contributed by atoms with E-state index in [1.165, 1.54) is 12.3 Å². The van der Waals surface area contributed by atoms with E-state index in [9.17, 15) is 10.1 Å². The number of aromatic nitrogens is 1. The minimum atomic E-state index is -0.417. The van der Waals surface area contributed by atoms with Gasteiger partial charge in [0.1, 0.15) is 10.7 Å². The molecule has 0 aliphatic carbocycles. The summed E-state index contributed by atoms with van der Waals surface area (Å²) in [5.74, 6) is 0.586. The normalized spacial score (nSPS) is 10.1.